The van der Waals surface area contributed by atoms with E-state index in [1.165, 1.54) is 30.2 Å². The minimum absolute atomic E-state index is 0.270. The number of ether oxygens (including phenoxy) is 2. The SMILES string of the molecule is Fc1ccc(Sc2ncnc3c2ncn3C2COc3ccccc3CO2)cc1. The molecule has 140 valence electrons. The minimum atomic E-state index is -0.351. The predicted molar refractivity (Wildman–Crippen MR) is 102 cm³/mol. The summed E-state index contributed by atoms with van der Waals surface area (Å²) in [6.45, 7) is 0.801. The number of halogens is 1. The largest absolute Gasteiger partial charge is 0.488 e. The minimum Gasteiger partial charge on any atom is -0.488 e. The summed E-state index contributed by atoms with van der Waals surface area (Å²) in [5.41, 5.74) is 2.35. The Bertz CT molecular complexity index is 1110. The van der Waals surface area contributed by atoms with Crippen molar-refractivity contribution in [1.82, 2.24) is 19.5 Å². The summed E-state index contributed by atoms with van der Waals surface area (Å²) in [6.07, 6.45) is 2.84. The molecule has 6 nitrogen and oxygen atoms in total. The lowest BCUT2D eigenvalue weighted by atomic mass is 10.2. The highest BCUT2D eigenvalue weighted by atomic mass is 32.2. The van der Waals surface area contributed by atoms with Crippen LogP contribution in [0.2, 0.25) is 0 Å². The van der Waals surface area contributed by atoms with Gasteiger partial charge in [0.15, 0.2) is 11.9 Å². The predicted octanol–water partition coefficient (Wildman–Crippen LogP) is 4.22. The molecule has 0 spiro atoms. The highest BCUT2D eigenvalue weighted by Gasteiger charge is 2.22. The number of imidazole rings is 1. The molecule has 0 N–H and O–H groups in total. The molecule has 2 aromatic carbocycles. The Morgan fingerprint density at radius 1 is 1.04 bits per heavy atom. The van der Waals surface area contributed by atoms with Crippen LogP contribution in [0.15, 0.2) is 71.1 Å². The zero-order valence-electron chi connectivity index (χ0n) is 14.7. The van der Waals surface area contributed by atoms with Crippen LogP contribution in [-0.4, -0.2) is 26.1 Å². The molecule has 1 atom stereocenters. The van der Waals surface area contributed by atoms with E-state index in [9.17, 15) is 4.39 Å². The van der Waals surface area contributed by atoms with Crippen LogP contribution in [0.1, 0.15) is 11.8 Å². The van der Waals surface area contributed by atoms with E-state index in [2.05, 4.69) is 15.0 Å². The average molecular weight is 394 g/mol. The monoisotopic (exact) mass is 394 g/mol. The van der Waals surface area contributed by atoms with Crippen LogP contribution in [0, 0.1) is 5.82 Å². The summed E-state index contributed by atoms with van der Waals surface area (Å²) in [7, 11) is 0. The number of nitrogens with zero attached hydrogens (tertiary/aromatic N) is 4. The zero-order valence-corrected chi connectivity index (χ0v) is 15.5. The summed E-state index contributed by atoms with van der Waals surface area (Å²) in [5, 5.41) is 0.702. The summed E-state index contributed by atoms with van der Waals surface area (Å²) in [5.74, 6) is 0.560. The second-order valence-corrected chi connectivity index (χ2v) is 7.31. The number of fused-ring (bicyclic) bond motifs is 2. The van der Waals surface area contributed by atoms with E-state index < -0.39 is 0 Å². The molecule has 2 aromatic heterocycles. The van der Waals surface area contributed by atoms with Gasteiger partial charge in [0.2, 0.25) is 0 Å². The van der Waals surface area contributed by atoms with Crippen LogP contribution in [0.4, 0.5) is 4.39 Å². The number of hydrogen-bond donors (Lipinski definition) is 0. The first kappa shape index (κ1) is 17.2. The van der Waals surface area contributed by atoms with Crippen molar-refractivity contribution in [2.75, 3.05) is 6.61 Å². The van der Waals surface area contributed by atoms with Gasteiger partial charge in [-0.05, 0) is 30.3 Å². The van der Waals surface area contributed by atoms with Crippen LogP contribution in [0.25, 0.3) is 11.2 Å². The van der Waals surface area contributed by atoms with Gasteiger partial charge in [-0.2, -0.15) is 0 Å². The molecule has 1 aliphatic heterocycles. The fourth-order valence-electron chi connectivity index (χ4n) is 3.05. The van der Waals surface area contributed by atoms with Crippen molar-refractivity contribution in [1.29, 1.82) is 0 Å². The van der Waals surface area contributed by atoms with Crippen molar-refractivity contribution in [2.24, 2.45) is 0 Å². The Kier molecular flexibility index (Phi) is 4.42. The molecule has 1 aliphatic rings. The number of rotatable bonds is 3. The third-order valence-electron chi connectivity index (χ3n) is 4.45. The van der Waals surface area contributed by atoms with Crippen molar-refractivity contribution >= 4 is 22.9 Å². The molecule has 0 saturated carbocycles. The third kappa shape index (κ3) is 3.21. The standard InChI is InChI=1S/C20H15FN4O2S/c21-14-5-7-15(8-6-14)28-20-18-19(22-11-23-20)25(12-24-18)17-10-26-16-4-2-1-3-13(16)9-27-17/h1-8,11-12,17H,9-10H2. The molecule has 0 fully saturated rings. The van der Waals surface area contributed by atoms with E-state index in [1.54, 1.807) is 18.5 Å². The van der Waals surface area contributed by atoms with Crippen LogP contribution >= 0.6 is 11.8 Å². The molecule has 0 saturated heterocycles. The van der Waals surface area contributed by atoms with Crippen molar-refractivity contribution in [2.45, 2.75) is 22.8 Å². The summed E-state index contributed by atoms with van der Waals surface area (Å²) >= 11 is 1.41. The molecule has 0 amide bonds. The van der Waals surface area contributed by atoms with Crippen LogP contribution in [0.3, 0.4) is 0 Å². The molecule has 5 rings (SSSR count). The smallest absolute Gasteiger partial charge is 0.171 e. The van der Waals surface area contributed by atoms with Crippen LogP contribution in [-0.2, 0) is 11.3 Å². The Morgan fingerprint density at radius 2 is 1.89 bits per heavy atom. The van der Waals surface area contributed by atoms with Gasteiger partial charge in [-0.25, -0.2) is 19.3 Å². The lowest BCUT2D eigenvalue weighted by Gasteiger charge is -2.16. The van der Waals surface area contributed by atoms with Gasteiger partial charge in [-0.3, -0.25) is 4.57 Å². The first-order chi connectivity index (χ1) is 13.8. The fourth-order valence-corrected chi connectivity index (χ4v) is 3.89. The molecule has 8 heteroatoms. The Hall–Kier alpha value is -2.97. The van der Waals surface area contributed by atoms with Gasteiger partial charge in [0, 0.05) is 10.5 Å². The van der Waals surface area contributed by atoms with E-state index in [4.69, 9.17) is 9.47 Å². The van der Waals surface area contributed by atoms with E-state index in [-0.39, 0.29) is 12.0 Å². The Balaban J connectivity index is 1.44. The van der Waals surface area contributed by atoms with Crippen LogP contribution < -0.4 is 4.74 Å². The molecule has 0 radical (unpaired) electrons. The van der Waals surface area contributed by atoms with Gasteiger partial charge >= 0.3 is 0 Å². The summed E-state index contributed by atoms with van der Waals surface area (Å²) < 4.78 is 27.0. The van der Waals surface area contributed by atoms with Crippen molar-refractivity contribution in [3.63, 3.8) is 0 Å². The number of aromatic nitrogens is 4. The average Bonchev–Trinajstić information content (AvgIpc) is 3.04. The molecule has 28 heavy (non-hydrogen) atoms. The molecule has 0 aliphatic carbocycles. The lowest BCUT2D eigenvalue weighted by molar-refractivity contribution is -0.0236. The van der Waals surface area contributed by atoms with Crippen LogP contribution in [0.5, 0.6) is 5.75 Å². The fraction of sp³-hybridized carbons (Fsp3) is 0.150. The lowest BCUT2D eigenvalue weighted by Crippen LogP contribution is -2.18. The first-order valence-electron chi connectivity index (χ1n) is 8.71. The van der Waals surface area contributed by atoms with E-state index >= 15 is 0 Å². The van der Waals surface area contributed by atoms with Crippen molar-refractivity contribution < 1.29 is 13.9 Å². The zero-order chi connectivity index (χ0) is 18.9. The van der Waals surface area contributed by atoms with Crippen molar-refractivity contribution in [3.8, 4) is 5.75 Å². The second-order valence-electron chi connectivity index (χ2n) is 6.24. The quantitative estimate of drug-likeness (QED) is 0.485. The highest BCUT2D eigenvalue weighted by Crippen LogP contribution is 2.32. The topological polar surface area (TPSA) is 62.1 Å². The molecule has 0 bridgehead atoms. The number of para-hydroxylation sites is 1. The molecule has 1 unspecified atom stereocenters. The van der Waals surface area contributed by atoms with Gasteiger partial charge in [0.1, 0.15) is 35.0 Å². The maximum Gasteiger partial charge on any atom is 0.171 e. The van der Waals surface area contributed by atoms with E-state index in [0.717, 1.165) is 16.2 Å². The second kappa shape index (κ2) is 7.21. The molecule has 3 heterocycles. The van der Waals surface area contributed by atoms with E-state index in [1.807, 2.05) is 28.8 Å². The summed E-state index contributed by atoms with van der Waals surface area (Å²) in [4.78, 5) is 14.1. The number of benzene rings is 2. The maximum atomic E-state index is 13.1. The van der Waals surface area contributed by atoms with Gasteiger partial charge in [-0.1, -0.05) is 30.0 Å². The van der Waals surface area contributed by atoms with Gasteiger partial charge in [0.25, 0.3) is 0 Å². The third-order valence-corrected chi connectivity index (χ3v) is 5.45. The molecule has 4 aromatic rings. The highest BCUT2D eigenvalue weighted by molar-refractivity contribution is 7.99. The maximum absolute atomic E-state index is 13.1. The Labute approximate surface area is 164 Å². The normalized spacial score (nSPS) is 16.4. The number of hydrogen-bond acceptors (Lipinski definition) is 6. The van der Waals surface area contributed by atoms with Gasteiger partial charge < -0.3 is 9.47 Å². The molecular formula is C20H15FN4O2S. The van der Waals surface area contributed by atoms with Gasteiger partial charge in [0.05, 0.1) is 12.9 Å². The molecular weight excluding hydrogens is 379 g/mol. The Morgan fingerprint density at radius 3 is 2.79 bits per heavy atom. The van der Waals surface area contributed by atoms with Crippen molar-refractivity contribution in [3.05, 3.63) is 72.6 Å². The first-order valence-corrected chi connectivity index (χ1v) is 9.53. The van der Waals surface area contributed by atoms with Gasteiger partial charge in [-0.15, -0.1) is 0 Å². The summed E-state index contributed by atoms with van der Waals surface area (Å²) in [6, 6.07) is 14.1. The van der Waals surface area contributed by atoms with E-state index in [0.29, 0.717) is 29.4 Å².